The zero-order chi connectivity index (χ0) is 12.9. The van der Waals surface area contributed by atoms with Crippen LogP contribution in [0, 0.1) is 5.92 Å². The number of nitrogens with zero attached hydrogens (tertiary/aromatic N) is 1. The summed E-state index contributed by atoms with van der Waals surface area (Å²) in [6.07, 6.45) is 3.02. The van der Waals surface area contributed by atoms with Crippen LogP contribution in [0.15, 0.2) is 0 Å². The zero-order valence-electron chi connectivity index (χ0n) is 11.3. The van der Waals surface area contributed by atoms with Crippen molar-refractivity contribution in [1.82, 2.24) is 9.62 Å². The van der Waals surface area contributed by atoms with Gasteiger partial charge in [-0.3, -0.25) is 0 Å². The molecule has 0 aromatic carbocycles. The largest absolute Gasteiger partial charge is 0.315 e. The summed E-state index contributed by atoms with van der Waals surface area (Å²) in [4.78, 5) is 0. The van der Waals surface area contributed by atoms with Crippen molar-refractivity contribution in [1.29, 1.82) is 0 Å². The maximum absolute atomic E-state index is 12.3. The van der Waals surface area contributed by atoms with Crippen molar-refractivity contribution in [3.8, 4) is 0 Å². The summed E-state index contributed by atoms with van der Waals surface area (Å²) >= 11 is 0. The SMILES string of the molecule is CCCNCC(C)S(=O)(=O)N1CCC(C)CC1. The molecule has 1 aliphatic heterocycles. The van der Waals surface area contributed by atoms with Crippen LogP contribution in [0.5, 0.6) is 0 Å². The average Bonchev–Trinajstić information content (AvgIpc) is 2.29. The first-order valence-corrected chi connectivity index (χ1v) is 8.18. The summed E-state index contributed by atoms with van der Waals surface area (Å²) < 4.78 is 26.2. The number of hydrogen-bond acceptors (Lipinski definition) is 3. The van der Waals surface area contributed by atoms with Gasteiger partial charge in [-0.15, -0.1) is 0 Å². The Kier molecular flexibility index (Phi) is 5.89. The Balaban J connectivity index is 2.49. The van der Waals surface area contributed by atoms with E-state index in [1.54, 1.807) is 11.2 Å². The molecule has 0 radical (unpaired) electrons. The summed E-state index contributed by atoms with van der Waals surface area (Å²) in [7, 11) is -3.10. The number of sulfonamides is 1. The highest BCUT2D eigenvalue weighted by molar-refractivity contribution is 7.89. The lowest BCUT2D eigenvalue weighted by atomic mass is 10.0. The molecule has 0 aromatic rings. The average molecular weight is 262 g/mol. The van der Waals surface area contributed by atoms with E-state index in [2.05, 4.69) is 19.2 Å². The van der Waals surface area contributed by atoms with Gasteiger partial charge in [-0.05, 0) is 38.6 Å². The highest BCUT2D eigenvalue weighted by Gasteiger charge is 2.30. The number of nitrogens with one attached hydrogen (secondary N) is 1. The fourth-order valence-electron chi connectivity index (χ4n) is 2.08. The Morgan fingerprint density at radius 3 is 2.47 bits per heavy atom. The second-order valence-electron chi connectivity index (χ2n) is 5.14. The smallest absolute Gasteiger partial charge is 0.217 e. The first-order chi connectivity index (χ1) is 7.98. The summed E-state index contributed by atoms with van der Waals surface area (Å²) in [5.41, 5.74) is 0. The summed E-state index contributed by atoms with van der Waals surface area (Å²) in [6.45, 7) is 8.91. The van der Waals surface area contributed by atoms with Crippen LogP contribution in [0.2, 0.25) is 0 Å². The molecule has 1 unspecified atom stereocenters. The van der Waals surface area contributed by atoms with E-state index in [-0.39, 0.29) is 5.25 Å². The topological polar surface area (TPSA) is 49.4 Å². The van der Waals surface area contributed by atoms with Crippen LogP contribution in [0.4, 0.5) is 0 Å². The van der Waals surface area contributed by atoms with Crippen LogP contribution in [-0.2, 0) is 10.0 Å². The predicted molar refractivity (Wildman–Crippen MR) is 71.5 cm³/mol. The van der Waals surface area contributed by atoms with Gasteiger partial charge >= 0.3 is 0 Å². The van der Waals surface area contributed by atoms with E-state index in [9.17, 15) is 8.42 Å². The molecule has 0 bridgehead atoms. The Bertz CT molecular complexity index is 308. The van der Waals surface area contributed by atoms with Gasteiger partial charge in [0.25, 0.3) is 0 Å². The van der Waals surface area contributed by atoms with Gasteiger partial charge in [0.05, 0.1) is 5.25 Å². The van der Waals surface area contributed by atoms with Crippen LogP contribution < -0.4 is 5.32 Å². The maximum atomic E-state index is 12.3. The molecule has 1 saturated heterocycles. The molecule has 5 heteroatoms. The standard InChI is InChI=1S/C12H26N2O2S/c1-4-7-13-10-12(3)17(15,16)14-8-5-11(2)6-9-14/h11-13H,4-10H2,1-3H3. The number of hydrogen-bond donors (Lipinski definition) is 1. The van der Waals surface area contributed by atoms with E-state index in [1.165, 1.54) is 0 Å². The van der Waals surface area contributed by atoms with Crippen LogP contribution in [0.3, 0.4) is 0 Å². The second kappa shape index (κ2) is 6.71. The molecule has 1 atom stereocenters. The molecule has 1 fully saturated rings. The number of piperidine rings is 1. The fourth-order valence-corrected chi connectivity index (χ4v) is 3.64. The monoisotopic (exact) mass is 262 g/mol. The predicted octanol–water partition coefficient (Wildman–Crippen LogP) is 1.44. The van der Waals surface area contributed by atoms with Gasteiger partial charge in [0.1, 0.15) is 0 Å². The van der Waals surface area contributed by atoms with Gasteiger partial charge in [-0.1, -0.05) is 13.8 Å². The van der Waals surface area contributed by atoms with E-state index in [0.717, 1.165) is 25.8 Å². The quantitative estimate of drug-likeness (QED) is 0.737. The van der Waals surface area contributed by atoms with E-state index >= 15 is 0 Å². The third-order valence-electron chi connectivity index (χ3n) is 3.47. The van der Waals surface area contributed by atoms with Gasteiger partial charge in [0, 0.05) is 19.6 Å². The van der Waals surface area contributed by atoms with Crippen molar-refractivity contribution in [2.45, 2.75) is 45.3 Å². The van der Waals surface area contributed by atoms with Gasteiger partial charge in [-0.2, -0.15) is 0 Å². The minimum atomic E-state index is -3.10. The molecule has 0 aliphatic carbocycles. The van der Waals surface area contributed by atoms with Crippen molar-refractivity contribution in [2.75, 3.05) is 26.2 Å². The van der Waals surface area contributed by atoms with E-state index in [1.807, 2.05) is 0 Å². The van der Waals surface area contributed by atoms with Crippen LogP contribution in [0.1, 0.15) is 40.0 Å². The summed E-state index contributed by atoms with van der Waals surface area (Å²) in [5, 5.41) is 2.87. The lowest BCUT2D eigenvalue weighted by Crippen LogP contribution is -2.45. The van der Waals surface area contributed by atoms with E-state index in [4.69, 9.17) is 0 Å². The van der Waals surface area contributed by atoms with Gasteiger partial charge < -0.3 is 5.32 Å². The molecule has 1 heterocycles. The zero-order valence-corrected chi connectivity index (χ0v) is 12.1. The molecule has 4 nitrogen and oxygen atoms in total. The third-order valence-corrected chi connectivity index (χ3v) is 5.74. The van der Waals surface area contributed by atoms with Crippen LogP contribution in [-0.4, -0.2) is 44.2 Å². The fraction of sp³-hybridized carbons (Fsp3) is 1.00. The Morgan fingerprint density at radius 2 is 1.94 bits per heavy atom. The highest BCUT2D eigenvalue weighted by Crippen LogP contribution is 2.20. The highest BCUT2D eigenvalue weighted by atomic mass is 32.2. The lowest BCUT2D eigenvalue weighted by Gasteiger charge is -2.31. The van der Waals surface area contributed by atoms with Gasteiger partial charge in [0.15, 0.2) is 0 Å². The number of rotatable bonds is 6. The van der Waals surface area contributed by atoms with Crippen molar-refractivity contribution < 1.29 is 8.42 Å². The molecule has 102 valence electrons. The van der Waals surface area contributed by atoms with Crippen molar-refractivity contribution >= 4 is 10.0 Å². The summed E-state index contributed by atoms with van der Waals surface area (Å²) in [6, 6.07) is 0. The molecule has 0 amide bonds. The van der Waals surface area contributed by atoms with Gasteiger partial charge in [0.2, 0.25) is 10.0 Å². The van der Waals surface area contributed by atoms with Crippen LogP contribution in [0.25, 0.3) is 0 Å². The van der Waals surface area contributed by atoms with Crippen molar-refractivity contribution in [3.63, 3.8) is 0 Å². The first-order valence-electron chi connectivity index (χ1n) is 6.68. The maximum Gasteiger partial charge on any atom is 0.217 e. The van der Waals surface area contributed by atoms with Gasteiger partial charge in [-0.25, -0.2) is 12.7 Å². The normalized spacial score (nSPS) is 21.6. The molecule has 0 aromatic heterocycles. The van der Waals surface area contributed by atoms with Crippen molar-refractivity contribution in [3.05, 3.63) is 0 Å². The lowest BCUT2D eigenvalue weighted by molar-refractivity contribution is 0.285. The van der Waals surface area contributed by atoms with E-state index in [0.29, 0.717) is 25.6 Å². The minimum absolute atomic E-state index is 0.317. The molecular weight excluding hydrogens is 236 g/mol. The third kappa shape index (κ3) is 4.23. The first kappa shape index (κ1) is 14.9. The molecular formula is C12H26N2O2S. The minimum Gasteiger partial charge on any atom is -0.315 e. The Labute approximate surface area is 106 Å². The van der Waals surface area contributed by atoms with Crippen molar-refractivity contribution in [2.24, 2.45) is 5.92 Å². The molecule has 0 saturated carbocycles. The molecule has 17 heavy (non-hydrogen) atoms. The Hall–Kier alpha value is -0.130. The molecule has 1 N–H and O–H groups in total. The Morgan fingerprint density at radius 1 is 1.35 bits per heavy atom. The molecule has 1 aliphatic rings. The van der Waals surface area contributed by atoms with Crippen LogP contribution >= 0.6 is 0 Å². The molecule has 1 rings (SSSR count). The molecule has 0 spiro atoms. The van der Waals surface area contributed by atoms with E-state index < -0.39 is 10.0 Å². The second-order valence-corrected chi connectivity index (χ2v) is 7.49. The summed E-state index contributed by atoms with van der Waals surface area (Å²) in [5.74, 6) is 0.662.